The number of fused-ring (bicyclic) bond motifs is 1. The Balaban J connectivity index is 1.51. The second kappa shape index (κ2) is 17.3. The van der Waals surface area contributed by atoms with Crippen molar-refractivity contribution < 1.29 is 28.2 Å². The van der Waals surface area contributed by atoms with Gasteiger partial charge >= 0.3 is 7.60 Å². The number of nitrogens with two attached hydrogens (primary N) is 1. The summed E-state index contributed by atoms with van der Waals surface area (Å²) in [6.07, 6.45) is 15.9. The van der Waals surface area contributed by atoms with E-state index in [2.05, 4.69) is 21.9 Å². The molecule has 0 bridgehead atoms. The lowest BCUT2D eigenvalue weighted by Crippen LogP contribution is -2.38. The molecule has 1 aliphatic heterocycles. The van der Waals surface area contributed by atoms with Gasteiger partial charge in [0.1, 0.15) is 18.3 Å². The first kappa shape index (κ1) is 33.7. The third kappa shape index (κ3) is 10.8. The molecule has 0 aromatic carbocycles. The van der Waals surface area contributed by atoms with Crippen LogP contribution in [0.15, 0.2) is 11.1 Å². The molecule has 1 fully saturated rings. The highest BCUT2D eigenvalue weighted by Crippen LogP contribution is 2.45. The van der Waals surface area contributed by atoms with E-state index in [1.165, 1.54) is 84.1 Å². The van der Waals surface area contributed by atoms with Crippen LogP contribution in [0.3, 0.4) is 0 Å². The van der Waals surface area contributed by atoms with Crippen molar-refractivity contribution in [3.8, 4) is 0 Å². The fraction of sp³-hybridized carbons (Fsp3) is 0.821. The second-order valence-corrected chi connectivity index (χ2v) is 12.9. The average Bonchev–Trinajstić information content (AvgIpc) is 3.47. The van der Waals surface area contributed by atoms with Crippen LogP contribution in [0.2, 0.25) is 0 Å². The number of methoxy groups -OCH3 is 1. The van der Waals surface area contributed by atoms with Crippen LogP contribution in [0.5, 0.6) is 0 Å². The van der Waals surface area contributed by atoms with E-state index in [0.717, 1.165) is 25.9 Å². The van der Waals surface area contributed by atoms with Gasteiger partial charge in [-0.15, -0.1) is 0 Å². The number of hydrogen-bond acceptors (Lipinski definition) is 9. The van der Waals surface area contributed by atoms with Gasteiger partial charge in [0.2, 0.25) is 5.95 Å². The molecule has 0 aliphatic carbocycles. The van der Waals surface area contributed by atoms with E-state index in [9.17, 15) is 14.3 Å². The minimum atomic E-state index is -3.89. The number of aromatic nitrogens is 4. The van der Waals surface area contributed by atoms with Crippen LogP contribution in [0, 0.1) is 0 Å². The molecule has 5 unspecified atom stereocenters. The van der Waals surface area contributed by atoms with Crippen molar-refractivity contribution in [3.63, 3.8) is 0 Å². The van der Waals surface area contributed by atoms with E-state index in [1.807, 2.05) is 0 Å². The highest BCUT2D eigenvalue weighted by molar-refractivity contribution is 7.51. The van der Waals surface area contributed by atoms with E-state index >= 15 is 0 Å². The predicted molar refractivity (Wildman–Crippen MR) is 159 cm³/mol. The monoisotopic (exact) mass is 599 g/mol. The molecule has 234 valence electrons. The van der Waals surface area contributed by atoms with E-state index < -0.39 is 37.7 Å². The maximum absolute atomic E-state index is 12.3. The number of unbranched alkanes of at least 4 members (excludes halogenated alkanes) is 13. The van der Waals surface area contributed by atoms with Crippen molar-refractivity contribution >= 4 is 24.7 Å². The molecule has 3 heterocycles. The molecule has 41 heavy (non-hydrogen) atoms. The topological polar surface area (TPSA) is 164 Å². The Kier molecular flexibility index (Phi) is 14.2. The number of rotatable bonds is 21. The SMILES string of the molecule is CCCCCCCCCCCCCCCCOC1C(OP(C)(=O)O)C(COC)OC1n1cnc2c(=O)[nH]c(N)nc21. The number of aromatic amines is 1. The molecule has 0 saturated carbocycles. The van der Waals surface area contributed by atoms with Crippen molar-refractivity contribution in [3.05, 3.63) is 16.7 Å². The number of nitrogen functional groups attached to an aromatic ring is 1. The third-order valence-corrected chi connectivity index (χ3v) is 8.10. The normalized spacial score (nSPS) is 22.4. The molecule has 2 aromatic rings. The van der Waals surface area contributed by atoms with Gasteiger partial charge in [0.25, 0.3) is 5.56 Å². The number of H-pyrrole nitrogens is 1. The maximum Gasteiger partial charge on any atom is 0.325 e. The van der Waals surface area contributed by atoms with E-state index in [4.69, 9.17) is 24.5 Å². The lowest BCUT2D eigenvalue weighted by molar-refractivity contribution is -0.0729. The summed E-state index contributed by atoms with van der Waals surface area (Å²) >= 11 is 0. The zero-order valence-corrected chi connectivity index (χ0v) is 25.9. The smallest absolute Gasteiger partial charge is 0.325 e. The molecule has 1 saturated heterocycles. The van der Waals surface area contributed by atoms with Crippen LogP contribution < -0.4 is 11.3 Å². The summed E-state index contributed by atoms with van der Waals surface area (Å²) in [6, 6.07) is 0. The Morgan fingerprint density at radius 3 is 2.17 bits per heavy atom. The molecular weight excluding hydrogens is 549 g/mol. The molecule has 5 atom stereocenters. The molecule has 13 heteroatoms. The van der Waals surface area contributed by atoms with Gasteiger partial charge in [0.05, 0.1) is 12.9 Å². The van der Waals surface area contributed by atoms with Crippen LogP contribution in [0.25, 0.3) is 11.2 Å². The van der Waals surface area contributed by atoms with Crippen molar-refractivity contribution in [2.75, 3.05) is 32.7 Å². The van der Waals surface area contributed by atoms with Gasteiger partial charge in [-0.3, -0.25) is 23.4 Å². The molecule has 3 rings (SSSR count). The quantitative estimate of drug-likeness (QED) is 0.126. The Hall–Kier alpha value is -1.82. The summed E-state index contributed by atoms with van der Waals surface area (Å²) in [5, 5.41) is 0. The molecule has 0 spiro atoms. The van der Waals surface area contributed by atoms with Gasteiger partial charge < -0.3 is 24.8 Å². The Bertz CT molecular complexity index is 1140. The van der Waals surface area contributed by atoms with Crippen LogP contribution in [0.4, 0.5) is 5.95 Å². The predicted octanol–water partition coefficient (Wildman–Crippen LogP) is 5.31. The first-order valence-electron chi connectivity index (χ1n) is 15.2. The summed E-state index contributed by atoms with van der Waals surface area (Å²) < 4.78 is 37.1. The standard InChI is InChI=1S/C28H50N5O7P/c1-4-5-6-7-8-9-10-11-12-13-14-15-16-17-18-38-24-23(40-41(3,35)36)21(19-37-2)39-27(24)33-20-30-22-25(33)31-28(29)32-26(22)34/h20-21,23-24,27H,4-19H2,1-3H3,(H,35,36)(H3,29,31,32,34). The molecule has 12 nitrogen and oxygen atoms in total. The van der Waals surface area contributed by atoms with Crippen LogP contribution in [0.1, 0.15) is 103 Å². The van der Waals surface area contributed by atoms with Gasteiger partial charge in [-0.1, -0.05) is 90.4 Å². The number of nitrogens with zero attached hydrogens (tertiary/aromatic N) is 3. The molecular formula is C28H50N5O7P. The van der Waals surface area contributed by atoms with Crippen molar-refractivity contribution in [1.82, 2.24) is 19.5 Å². The Morgan fingerprint density at radius 1 is 1.02 bits per heavy atom. The summed E-state index contributed by atoms with van der Waals surface area (Å²) in [6.45, 7) is 3.92. The van der Waals surface area contributed by atoms with Crippen molar-refractivity contribution in [1.29, 1.82) is 0 Å². The number of imidazole rings is 1. The zero-order chi connectivity index (χ0) is 29.7. The lowest BCUT2D eigenvalue weighted by atomic mass is 10.0. The van der Waals surface area contributed by atoms with Crippen LogP contribution in [-0.2, 0) is 23.3 Å². The number of hydrogen-bond donors (Lipinski definition) is 3. The Labute approximate surface area is 243 Å². The van der Waals surface area contributed by atoms with Crippen molar-refractivity contribution in [2.45, 2.75) is 121 Å². The number of ether oxygens (including phenoxy) is 3. The second-order valence-electron chi connectivity index (χ2n) is 11.1. The highest BCUT2D eigenvalue weighted by atomic mass is 31.2. The van der Waals surface area contributed by atoms with E-state index in [-0.39, 0.29) is 23.7 Å². The van der Waals surface area contributed by atoms with Gasteiger partial charge in [0, 0.05) is 20.4 Å². The fourth-order valence-electron chi connectivity index (χ4n) is 5.41. The van der Waals surface area contributed by atoms with E-state index in [0.29, 0.717) is 6.61 Å². The minimum Gasteiger partial charge on any atom is -0.382 e. The maximum atomic E-state index is 12.3. The zero-order valence-electron chi connectivity index (χ0n) is 25.0. The minimum absolute atomic E-state index is 0.0585. The first-order chi connectivity index (χ1) is 19.7. The average molecular weight is 600 g/mol. The number of nitrogens with one attached hydrogen (secondary N) is 1. The molecule has 1 aliphatic rings. The summed E-state index contributed by atoms with van der Waals surface area (Å²) in [7, 11) is -2.38. The van der Waals surface area contributed by atoms with Gasteiger partial charge in [0.15, 0.2) is 17.4 Å². The van der Waals surface area contributed by atoms with Gasteiger partial charge in [-0.25, -0.2) is 4.98 Å². The summed E-state index contributed by atoms with van der Waals surface area (Å²) in [4.78, 5) is 33.2. The molecule has 2 aromatic heterocycles. The summed E-state index contributed by atoms with van der Waals surface area (Å²) in [5.41, 5.74) is 5.63. The van der Waals surface area contributed by atoms with Crippen molar-refractivity contribution in [2.24, 2.45) is 0 Å². The fourth-order valence-corrected chi connectivity index (χ4v) is 6.11. The lowest BCUT2D eigenvalue weighted by Gasteiger charge is -2.26. The first-order valence-corrected chi connectivity index (χ1v) is 17.2. The van der Waals surface area contributed by atoms with Gasteiger partial charge in [-0.05, 0) is 6.42 Å². The van der Waals surface area contributed by atoms with Crippen LogP contribution >= 0.6 is 7.60 Å². The van der Waals surface area contributed by atoms with Crippen LogP contribution in [-0.4, -0.2) is 69.7 Å². The highest BCUT2D eigenvalue weighted by Gasteiger charge is 2.49. The molecule has 0 radical (unpaired) electrons. The van der Waals surface area contributed by atoms with Gasteiger partial charge in [-0.2, -0.15) is 4.98 Å². The summed E-state index contributed by atoms with van der Waals surface area (Å²) in [5.74, 6) is -0.0585. The van der Waals surface area contributed by atoms with E-state index in [1.54, 1.807) is 4.57 Å². The largest absolute Gasteiger partial charge is 0.382 e. The Morgan fingerprint density at radius 2 is 1.61 bits per heavy atom. The molecule has 4 N–H and O–H groups in total. The molecule has 0 amide bonds. The number of anilines is 1. The third-order valence-electron chi connectivity index (χ3n) is 7.47.